The Kier molecular flexibility index (Phi) is 5.93. The summed E-state index contributed by atoms with van der Waals surface area (Å²) in [4.78, 5) is 5.19. The number of nitrogens with one attached hydrogen (secondary N) is 1. The van der Waals surface area contributed by atoms with E-state index < -0.39 is 0 Å². The largest absolute Gasteiger partial charge is 0.317 e. The van der Waals surface area contributed by atoms with Crippen molar-refractivity contribution in [1.82, 2.24) is 15.1 Å². The van der Waals surface area contributed by atoms with Crippen LogP contribution in [0.2, 0.25) is 0 Å². The second-order valence-corrected chi connectivity index (χ2v) is 6.25. The summed E-state index contributed by atoms with van der Waals surface area (Å²) < 4.78 is 0. The molecule has 18 heavy (non-hydrogen) atoms. The van der Waals surface area contributed by atoms with Crippen LogP contribution in [-0.2, 0) is 0 Å². The average molecular weight is 253 g/mol. The van der Waals surface area contributed by atoms with Gasteiger partial charge in [-0.1, -0.05) is 19.3 Å². The van der Waals surface area contributed by atoms with Gasteiger partial charge in [-0.05, 0) is 52.4 Å². The molecule has 0 aromatic heterocycles. The zero-order valence-electron chi connectivity index (χ0n) is 12.3. The number of likely N-dealkylation sites (N-methyl/N-ethyl adjacent to an activating group) is 1. The summed E-state index contributed by atoms with van der Waals surface area (Å²) in [5, 5.41) is 3.57. The van der Waals surface area contributed by atoms with E-state index in [1.807, 2.05) is 0 Å². The monoisotopic (exact) mass is 253 g/mol. The Morgan fingerprint density at radius 3 is 2.61 bits per heavy atom. The van der Waals surface area contributed by atoms with Gasteiger partial charge in [0, 0.05) is 25.7 Å². The van der Waals surface area contributed by atoms with Crippen LogP contribution in [0.1, 0.15) is 38.5 Å². The van der Waals surface area contributed by atoms with Crippen LogP contribution in [0.5, 0.6) is 0 Å². The Morgan fingerprint density at radius 1 is 0.944 bits per heavy atom. The summed E-state index contributed by atoms with van der Waals surface area (Å²) >= 11 is 0. The smallest absolute Gasteiger partial charge is 0.0109 e. The van der Waals surface area contributed by atoms with Crippen molar-refractivity contribution < 1.29 is 0 Å². The summed E-state index contributed by atoms with van der Waals surface area (Å²) in [5.74, 6) is 0.876. The molecule has 1 saturated heterocycles. The lowest BCUT2D eigenvalue weighted by molar-refractivity contribution is 0.201. The molecule has 106 valence electrons. The number of hydrogen-bond acceptors (Lipinski definition) is 3. The fraction of sp³-hybridized carbons (Fsp3) is 1.00. The molecule has 3 nitrogen and oxygen atoms in total. The van der Waals surface area contributed by atoms with Crippen LogP contribution in [-0.4, -0.2) is 62.7 Å². The highest BCUT2D eigenvalue weighted by atomic mass is 15.2. The van der Waals surface area contributed by atoms with Crippen LogP contribution < -0.4 is 5.32 Å². The van der Waals surface area contributed by atoms with Crippen molar-refractivity contribution >= 4 is 0 Å². The molecule has 0 spiro atoms. The van der Waals surface area contributed by atoms with Crippen molar-refractivity contribution in [3.63, 3.8) is 0 Å². The van der Waals surface area contributed by atoms with Crippen molar-refractivity contribution in [2.75, 3.05) is 46.8 Å². The predicted octanol–water partition coefficient (Wildman–Crippen LogP) is 1.79. The minimum atomic E-state index is 0.758. The maximum Gasteiger partial charge on any atom is 0.0109 e. The Labute approximate surface area is 113 Å². The average Bonchev–Trinajstić information content (AvgIpc) is 2.71. The third-order valence-electron chi connectivity index (χ3n) is 4.83. The molecule has 2 unspecified atom stereocenters. The summed E-state index contributed by atoms with van der Waals surface area (Å²) in [6.45, 7) is 6.41. The van der Waals surface area contributed by atoms with Gasteiger partial charge in [-0.25, -0.2) is 0 Å². The zero-order valence-corrected chi connectivity index (χ0v) is 12.3. The second kappa shape index (κ2) is 7.46. The van der Waals surface area contributed by atoms with Crippen LogP contribution in [0, 0.1) is 5.92 Å². The summed E-state index contributed by atoms with van der Waals surface area (Å²) in [6, 6.07) is 0.758. The molecule has 0 bridgehead atoms. The minimum Gasteiger partial charge on any atom is -0.317 e. The first-order chi connectivity index (χ1) is 8.79. The van der Waals surface area contributed by atoms with Crippen molar-refractivity contribution in [3.8, 4) is 0 Å². The normalized spacial score (nSPS) is 33.0. The lowest BCUT2D eigenvalue weighted by atomic mass is 9.94. The lowest BCUT2D eigenvalue weighted by Crippen LogP contribution is -2.41. The van der Waals surface area contributed by atoms with Gasteiger partial charge in [0.2, 0.25) is 0 Å². The molecular weight excluding hydrogens is 222 g/mol. The minimum absolute atomic E-state index is 0.758. The zero-order chi connectivity index (χ0) is 12.8. The first-order valence-electron chi connectivity index (χ1n) is 7.88. The number of hydrogen-bond donors (Lipinski definition) is 1. The third kappa shape index (κ3) is 4.22. The van der Waals surface area contributed by atoms with Gasteiger partial charge in [0.1, 0.15) is 0 Å². The Balaban J connectivity index is 1.85. The molecule has 1 saturated carbocycles. The molecule has 2 aliphatic rings. The molecule has 0 aromatic carbocycles. The Bertz CT molecular complexity index is 232. The SMILES string of the molecule is CNC1CCCCCC1CN1CCCN(C)CC1. The van der Waals surface area contributed by atoms with E-state index in [1.54, 1.807) is 0 Å². The molecule has 0 aromatic rings. The fourth-order valence-electron chi connectivity index (χ4n) is 3.60. The highest BCUT2D eigenvalue weighted by Crippen LogP contribution is 2.24. The molecule has 1 N–H and O–H groups in total. The molecule has 0 amide bonds. The molecule has 1 aliphatic carbocycles. The van der Waals surface area contributed by atoms with Crippen molar-refractivity contribution in [3.05, 3.63) is 0 Å². The van der Waals surface area contributed by atoms with Crippen molar-refractivity contribution in [1.29, 1.82) is 0 Å². The van der Waals surface area contributed by atoms with Gasteiger partial charge in [-0.15, -0.1) is 0 Å². The molecule has 2 rings (SSSR count). The Hall–Kier alpha value is -0.120. The maximum atomic E-state index is 3.57. The van der Waals surface area contributed by atoms with E-state index in [2.05, 4.69) is 29.2 Å². The van der Waals surface area contributed by atoms with Crippen molar-refractivity contribution in [2.45, 2.75) is 44.6 Å². The summed E-state index contributed by atoms with van der Waals surface area (Å²) in [5.41, 5.74) is 0. The number of nitrogens with zero attached hydrogens (tertiary/aromatic N) is 2. The third-order valence-corrected chi connectivity index (χ3v) is 4.83. The summed E-state index contributed by atoms with van der Waals surface area (Å²) in [6.07, 6.45) is 8.46. The van der Waals surface area contributed by atoms with Gasteiger partial charge in [0.05, 0.1) is 0 Å². The van der Waals surface area contributed by atoms with Crippen LogP contribution in [0.15, 0.2) is 0 Å². The molecule has 2 atom stereocenters. The van der Waals surface area contributed by atoms with E-state index in [4.69, 9.17) is 0 Å². The van der Waals surface area contributed by atoms with Gasteiger partial charge in [0.15, 0.2) is 0 Å². The van der Waals surface area contributed by atoms with Gasteiger partial charge >= 0.3 is 0 Å². The molecule has 0 radical (unpaired) electrons. The van der Waals surface area contributed by atoms with E-state index in [-0.39, 0.29) is 0 Å². The highest BCUT2D eigenvalue weighted by molar-refractivity contribution is 4.82. The van der Waals surface area contributed by atoms with Crippen LogP contribution in [0.3, 0.4) is 0 Å². The van der Waals surface area contributed by atoms with E-state index in [9.17, 15) is 0 Å². The highest BCUT2D eigenvalue weighted by Gasteiger charge is 2.25. The topological polar surface area (TPSA) is 18.5 Å². The predicted molar refractivity (Wildman–Crippen MR) is 78.0 cm³/mol. The first kappa shape index (κ1) is 14.3. The summed E-state index contributed by atoms with van der Waals surface area (Å²) in [7, 11) is 4.41. The van der Waals surface area contributed by atoms with E-state index in [0.717, 1.165) is 12.0 Å². The number of rotatable bonds is 3. The molecule has 3 heteroatoms. The Morgan fingerprint density at radius 2 is 1.78 bits per heavy atom. The molecular formula is C15H31N3. The van der Waals surface area contributed by atoms with E-state index in [0.29, 0.717) is 0 Å². The first-order valence-corrected chi connectivity index (χ1v) is 7.88. The fourth-order valence-corrected chi connectivity index (χ4v) is 3.60. The van der Waals surface area contributed by atoms with Gasteiger partial charge in [-0.3, -0.25) is 0 Å². The van der Waals surface area contributed by atoms with Crippen LogP contribution >= 0.6 is 0 Å². The molecule has 1 aliphatic heterocycles. The van der Waals surface area contributed by atoms with Gasteiger partial charge in [-0.2, -0.15) is 0 Å². The standard InChI is InChI=1S/C15H31N3/c1-16-15-8-5-3-4-7-14(15)13-18-10-6-9-17(2)11-12-18/h14-16H,3-13H2,1-2H3. The lowest BCUT2D eigenvalue weighted by Gasteiger charge is -2.30. The van der Waals surface area contributed by atoms with Crippen LogP contribution in [0.25, 0.3) is 0 Å². The molecule has 2 fully saturated rings. The van der Waals surface area contributed by atoms with Gasteiger partial charge in [0.25, 0.3) is 0 Å². The molecule has 1 heterocycles. The van der Waals surface area contributed by atoms with Gasteiger partial charge < -0.3 is 15.1 Å². The second-order valence-electron chi connectivity index (χ2n) is 6.25. The van der Waals surface area contributed by atoms with Crippen LogP contribution in [0.4, 0.5) is 0 Å². The van der Waals surface area contributed by atoms with E-state index >= 15 is 0 Å². The maximum absolute atomic E-state index is 3.57. The van der Waals surface area contributed by atoms with Crippen molar-refractivity contribution in [2.24, 2.45) is 5.92 Å². The van der Waals surface area contributed by atoms with E-state index in [1.165, 1.54) is 71.2 Å². The quantitative estimate of drug-likeness (QED) is 0.774.